The zero-order valence-corrected chi connectivity index (χ0v) is 17.8. The Balaban J connectivity index is 1.68. The summed E-state index contributed by atoms with van der Waals surface area (Å²) < 4.78 is 13.1. The van der Waals surface area contributed by atoms with Crippen LogP contribution in [0.4, 0.5) is 0 Å². The third-order valence-electron chi connectivity index (χ3n) is 5.11. The van der Waals surface area contributed by atoms with Crippen molar-refractivity contribution < 1.29 is 14.3 Å². The van der Waals surface area contributed by atoms with Crippen LogP contribution in [0.1, 0.15) is 23.2 Å². The molecule has 1 heterocycles. The zero-order chi connectivity index (χ0) is 21.2. The van der Waals surface area contributed by atoms with Crippen LogP contribution in [-0.2, 0) is 22.6 Å². The van der Waals surface area contributed by atoms with Gasteiger partial charge in [-0.05, 0) is 48.7 Å². The number of aryl methyl sites for hydroxylation is 1. The number of hydrogen-bond donors (Lipinski definition) is 0. The molecule has 30 heavy (non-hydrogen) atoms. The van der Waals surface area contributed by atoms with E-state index in [1.165, 1.54) is 11.1 Å². The highest BCUT2D eigenvalue weighted by Crippen LogP contribution is 2.15. The van der Waals surface area contributed by atoms with E-state index >= 15 is 0 Å². The first-order valence-corrected chi connectivity index (χ1v) is 10.3. The van der Waals surface area contributed by atoms with Gasteiger partial charge in [0, 0.05) is 38.7 Å². The van der Waals surface area contributed by atoms with Gasteiger partial charge in [0.2, 0.25) is 0 Å². The quantitative estimate of drug-likeness (QED) is 0.446. The largest absolute Gasteiger partial charge is 0.484 e. The lowest BCUT2D eigenvalue weighted by Crippen LogP contribution is -2.36. The van der Waals surface area contributed by atoms with Crippen LogP contribution in [0, 0.1) is 6.92 Å². The second-order valence-corrected chi connectivity index (χ2v) is 7.32. The van der Waals surface area contributed by atoms with E-state index in [0.717, 1.165) is 18.7 Å². The van der Waals surface area contributed by atoms with Gasteiger partial charge in [-0.1, -0.05) is 42.5 Å². The van der Waals surface area contributed by atoms with Crippen molar-refractivity contribution in [3.8, 4) is 5.75 Å². The molecule has 0 atom stereocenters. The Kier molecular flexibility index (Phi) is 8.10. The van der Waals surface area contributed by atoms with Crippen molar-refractivity contribution >= 4 is 5.91 Å². The van der Waals surface area contributed by atoms with Gasteiger partial charge in [-0.15, -0.1) is 0 Å². The Hall–Kier alpha value is -3.05. The SMILES string of the molecule is COCCCN(Cc1cccn1Cc1ccccc1C)C(=O)COc1ccccc1. The predicted octanol–water partition coefficient (Wildman–Crippen LogP) is 4.29. The maximum atomic E-state index is 12.9. The van der Waals surface area contributed by atoms with Crippen LogP contribution in [-0.4, -0.2) is 42.2 Å². The molecule has 0 aliphatic heterocycles. The molecule has 1 amide bonds. The second kappa shape index (κ2) is 11.2. The Morgan fingerprint density at radius 2 is 1.77 bits per heavy atom. The molecular weight excluding hydrogens is 376 g/mol. The molecule has 0 spiro atoms. The van der Waals surface area contributed by atoms with Crippen molar-refractivity contribution in [3.05, 3.63) is 89.7 Å². The maximum absolute atomic E-state index is 12.9. The number of para-hydroxylation sites is 1. The van der Waals surface area contributed by atoms with Crippen LogP contribution in [0.5, 0.6) is 5.75 Å². The average molecular weight is 407 g/mol. The molecule has 2 aromatic carbocycles. The molecule has 0 radical (unpaired) electrons. The first kappa shape index (κ1) is 21.7. The number of amides is 1. The minimum absolute atomic E-state index is 0.0233. The summed E-state index contributed by atoms with van der Waals surface area (Å²) in [6.07, 6.45) is 2.85. The normalized spacial score (nSPS) is 10.7. The molecule has 0 bridgehead atoms. The van der Waals surface area contributed by atoms with E-state index in [-0.39, 0.29) is 12.5 Å². The molecule has 5 nitrogen and oxygen atoms in total. The number of hydrogen-bond acceptors (Lipinski definition) is 3. The van der Waals surface area contributed by atoms with Crippen molar-refractivity contribution in [1.29, 1.82) is 0 Å². The maximum Gasteiger partial charge on any atom is 0.260 e. The highest BCUT2D eigenvalue weighted by atomic mass is 16.5. The average Bonchev–Trinajstić information content (AvgIpc) is 3.20. The van der Waals surface area contributed by atoms with Crippen molar-refractivity contribution in [2.45, 2.75) is 26.4 Å². The summed E-state index contributed by atoms with van der Waals surface area (Å²) >= 11 is 0. The summed E-state index contributed by atoms with van der Waals surface area (Å²) in [4.78, 5) is 14.8. The monoisotopic (exact) mass is 406 g/mol. The number of benzene rings is 2. The summed E-state index contributed by atoms with van der Waals surface area (Å²) in [5.41, 5.74) is 3.64. The van der Waals surface area contributed by atoms with E-state index in [9.17, 15) is 4.79 Å². The molecule has 158 valence electrons. The Labute approximate surface area is 178 Å². The minimum atomic E-state index is -0.0291. The van der Waals surface area contributed by atoms with Gasteiger partial charge in [0.25, 0.3) is 5.91 Å². The molecule has 0 saturated carbocycles. The molecule has 3 rings (SSSR count). The molecule has 0 aliphatic carbocycles. The molecule has 3 aromatic rings. The van der Waals surface area contributed by atoms with Gasteiger partial charge in [0.15, 0.2) is 6.61 Å². The lowest BCUT2D eigenvalue weighted by atomic mass is 10.1. The Bertz CT molecular complexity index is 921. The Morgan fingerprint density at radius 3 is 2.53 bits per heavy atom. The second-order valence-electron chi connectivity index (χ2n) is 7.32. The number of rotatable bonds is 11. The Morgan fingerprint density at radius 1 is 1.00 bits per heavy atom. The van der Waals surface area contributed by atoms with Crippen LogP contribution in [0.15, 0.2) is 72.9 Å². The first-order chi connectivity index (χ1) is 14.7. The molecule has 0 saturated heterocycles. The van der Waals surface area contributed by atoms with E-state index in [1.807, 2.05) is 41.3 Å². The van der Waals surface area contributed by atoms with Crippen molar-refractivity contribution in [2.75, 3.05) is 26.9 Å². The predicted molar refractivity (Wildman–Crippen MR) is 119 cm³/mol. The number of carbonyl (C=O) groups is 1. The lowest BCUT2D eigenvalue weighted by molar-refractivity contribution is -0.134. The van der Waals surface area contributed by atoms with E-state index in [2.05, 4.69) is 48.0 Å². The van der Waals surface area contributed by atoms with Crippen LogP contribution in [0.3, 0.4) is 0 Å². The highest BCUT2D eigenvalue weighted by molar-refractivity contribution is 5.77. The third kappa shape index (κ3) is 6.22. The molecular formula is C25H30N2O3. The number of carbonyl (C=O) groups excluding carboxylic acids is 1. The van der Waals surface area contributed by atoms with E-state index < -0.39 is 0 Å². The van der Waals surface area contributed by atoms with Gasteiger partial charge < -0.3 is 18.9 Å². The van der Waals surface area contributed by atoms with Crippen molar-refractivity contribution in [1.82, 2.24) is 9.47 Å². The fraction of sp³-hybridized carbons (Fsp3) is 0.320. The smallest absolute Gasteiger partial charge is 0.260 e. The van der Waals surface area contributed by atoms with Crippen LogP contribution in [0.25, 0.3) is 0 Å². The van der Waals surface area contributed by atoms with E-state index in [4.69, 9.17) is 9.47 Å². The number of ether oxygens (including phenoxy) is 2. The summed E-state index contributed by atoms with van der Waals surface area (Å²) in [6.45, 7) is 4.72. The van der Waals surface area contributed by atoms with Gasteiger partial charge >= 0.3 is 0 Å². The molecule has 0 aliphatic rings. The van der Waals surface area contributed by atoms with Gasteiger partial charge in [0.1, 0.15) is 5.75 Å². The summed E-state index contributed by atoms with van der Waals surface area (Å²) in [5, 5.41) is 0. The van der Waals surface area contributed by atoms with E-state index in [1.54, 1.807) is 7.11 Å². The standard InChI is InChI=1S/C25H30N2O3/c1-21-10-6-7-11-22(21)18-26-15-8-12-23(26)19-27(16-9-17-29-2)25(28)20-30-24-13-4-3-5-14-24/h3-8,10-15H,9,16-20H2,1-2H3. The molecule has 1 aromatic heterocycles. The molecule has 0 unspecified atom stereocenters. The van der Waals surface area contributed by atoms with Gasteiger partial charge in [-0.2, -0.15) is 0 Å². The van der Waals surface area contributed by atoms with Crippen molar-refractivity contribution in [3.63, 3.8) is 0 Å². The number of nitrogens with zero attached hydrogens (tertiary/aromatic N) is 2. The van der Waals surface area contributed by atoms with E-state index in [0.29, 0.717) is 25.4 Å². The van der Waals surface area contributed by atoms with Gasteiger partial charge in [-0.25, -0.2) is 0 Å². The fourth-order valence-corrected chi connectivity index (χ4v) is 3.36. The third-order valence-corrected chi connectivity index (χ3v) is 5.11. The lowest BCUT2D eigenvalue weighted by Gasteiger charge is -2.24. The van der Waals surface area contributed by atoms with Crippen LogP contribution in [0.2, 0.25) is 0 Å². The van der Waals surface area contributed by atoms with Gasteiger partial charge in [0.05, 0.1) is 6.54 Å². The summed E-state index contributed by atoms with van der Waals surface area (Å²) in [5.74, 6) is 0.671. The van der Waals surface area contributed by atoms with Crippen LogP contribution >= 0.6 is 0 Å². The number of aromatic nitrogens is 1. The summed E-state index contributed by atoms with van der Waals surface area (Å²) in [6, 6.07) is 21.9. The van der Waals surface area contributed by atoms with Gasteiger partial charge in [-0.3, -0.25) is 4.79 Å². The first-order valence-electron chi connectivity index (χ1n) is 10.3. The molecule has 0 N–H and O–H groups in total. The van der Waals surface area contributed by atoms with Crippen molar-refractivity contribution in [2.24, 2.45) is 0 Å². The molecule has 0 fully saturated rings. The fourth-order valence-electron chi connectivity index (χ4n) is 3.36. The molecule has 5 heteroatoms. The minimum Gasteiger partial charge on any atom is -0.484 e. The van der Waals surface area contributed by atoms with Crippen LogP contribution < -0.4 is 4.74 Å². The zero-order valence-electron chi connectivity index (χ0n) is 17.8. The highest BCUT2D eigenvalue weighted by Gasteiger charge is 2.16. The topological polar surface area (TPSA) is 43.7 Å². The summed E-state index contributed by atoms with van der Waals surface area (Å²) in [7, 11) is 1.68. The number of methoxy groups -OCH3 is 1.